The predicted molar refractivity (Wildman–Crippen MR) is 94.0 cm³/mol. The summed E-state index contributed by atoms with van der Waals surface area (Å²) in [6.45, 7) is 3.07. The van der Waals surface area contributed by atoms with Crippen LogP contribution in [0.25, 0.3) is 0 Å². The van der Waals surface area contributed by atoms with E-state index in [1.807, 2.05) is 54.6 Å². The van der Waals surface area contributed by atoms with Gasteiger partial charge < -0.3 is 13.7 Å². The van der Waals surface area contributed by atoms with Gasteiger partial charge in [-0.05, 0) is 48.7 Å². The van der Waals surface area contributed by atoms with E-state index in [0.717, 1.165) is 17.3 Å². The maximum Gasteiger partial charge on any atom is 0.254 e. The van der Waals surface area contributed by atoms with Gasteiger partial charge in [0.15, 0.2) is 0 Å². The van der Waals surface area contributed by atoms with E-state index >= 15 is 0 Å². The number of rotatable bonds is 6. The fraction of sp³-hybridized carbons (Fsp3) is 0.286. The zero-order valence-electron chi connectivity index (χ0n) is 14.2. The Hall–Kier alpha value is -2.75. The van der Waals surface area contributed by atoms with Gasteiger partial charge in [0.05, 0.1) is 19.4 Å². The molecule has 2 heterocycles. The van der Waals surface area contributed by atoms with Gasteiger partial charge in [-0.15, -0.1) is 0 Å². The van der Waals surface area contributed by atoms with Gasteiger partial charge in [0.1, 0.15) is 17.3 Å². The van der Waals surface area contributed by atoms with Crippen LogP contribution in [0.3, 0.4) is 0 Å². The Morgan fingerprint density at radius 1 is 1.04 bits per heavy atom. The van der Waals surface area contributed by atoms with Crippen molar-refractivity contribution in [2.75, 3.05) is 0 Å². The summed E-state index contributed by atoms with van der Waals surface area (Å²) in [6.07, 6.45) is 2.81. The third-order valence-corrected chi connectivity index (χ3v) is 4.74. The second kappa shape index (κ2) is 6.63. The molecule has 0 N–H and O–H groups in total. The second-order valence-electron chi connectivity index (χ2n) is 6.73. The molecule has 0 aliphatic heterocycles. The molecule has 1 amide bonds. The highest BCUT2D eigenvalue weighted by Crippen LogP contribution is 2.47. The molecule has 0 radical (unpaired) electrons. The largest absolute Gasteiger partial charge is 0.467 e. The number of furan rings is 2. The van der Waals surface area contributed by atoms with E-state index in [4.69, 9.17) is 8.83 Å². The van der Waals surface area contributed by atoms with E-state index in [2.05, 4.69) is 6.92 Å². The molecular formula is C21H21NO3. The normalized spacial score (nSPS) is 18.9. The minimum absolute atomic E-state index is 0.0326. The molecule has 128 valence electrons. The summed E-state index contributed by atoms with van der Waals surface area (Å²) in [7, 11) is 0. The molecule has 1 aliphatic carbocycles. The van der Waals surface area contributed by atoms with Gasteiger partial charge >= 0.3 is 0 Å². The van der Waals surface area contributed by atoms with Gasteiger partial charge in [0.2, 0.25) is 0 Å². The van der Waals surface area contributed by atoms with Crippen molar-refractivity contribution in [3.8, 4) is 0 Å². The van der Waals surface area contributed by atoms with Gasteiger partial charge in [0, 0.05) is 11.5 Å². The molecule has 0 bridgehead atoms. The van der Waals surface area contributed by atoms with Gasteiger partial charge in [0.25, 0.3) is 5.91 Å². The Morgan fingerprint density at radius 3 is 2.48 bits per heavy atom. The van der Waals surface area contributed by atoms with E-state index in [0.29, 0.717) is 30.5 Å². The van der Waals surface area contributed by atoms with Crippen LogP contribution in [-0.4, -0.2) is 10.8 Å². The smallest absolute Gasteiger partial charge is 0.254 e. The highest BCUT2D eigenvalue weighted by Gasteiger charge is 2.36. The molecule has 1 aliphatic rings. The molecule has 4 nitrogen and oxygen atoms in total. The third kappa shape index (κ3) is 3.53. The topological polar surface area (TPSA) is 46.6 Å². The number of hydrogen-bond donors (Lipinski definition) is 0. The SMILES string of the molecule is CC1CC1c1ccc(CN(Cc2ccco2)C(=O)c2ccccc2)o1. The lowest BCUT2D eigenvalue weighted by atomic mass is 10.2. The standard InChI is InChI=1S/C21H21NO3/c1-15-12-19(15)20-10-9-18(25-20)14-22(13-17-8-5-11-24-17)21(23)16-6-3-2-4-7-16/h2-11,15,19H,12-14H2,1H3. The minimum atomic E-state index is -0.0326. The summed E-state index contributed by atoms with van der Waals surface area (Å²) in [5.41, 5.74) is 0.664. The zero-order valence-corrected chi connectivity index (χ0v) is 14.2. The molecule has 0 spiro atoms. The van der Waals surface area contributed by atoms with Gasteiger partial charge in [-0.2, -0.15) is 0 Å². The summed E-state index contributed by atoms with van der Waals surface area (Å²) in [5, 5.41) is 0. The van der Waals surface area contributed by atoms with Crippen LogP contribution in [0.15, 0.2) is 69.7 Å². The van der Waals surface area contributed by atoms with Crippen molar-refractivity contribution < 1.29 is 13.6 Å². The molecule has 1 aromatic carbocycles. The maximum absolute atomic E-state index is 12.9. The number of hydrogen-bond acceptors (Lipinski definition) is 3. The van der Waals surface area contributed by atoms with E-state index in [1.165, 1.54) is 6.42 Å². The quantitative estimate of drug-likeness (QED) is 0.647. The first-order valence-corrected chi connectivity index (χ1v) is 8.66. The molecule has 2 unspecified atom stereocenters. The van der Waals surface area contributed by atoms with E-state index in [1.54, 1.807) is 11.2 Å². The summed E-state index contributed by atoms with van der Waals surface area (Å²) in [4.78, 5) is 14.7. The van der Waals surface area contributed by atoms with Crippen molar-refractivity contribution in [1.82, 2.24) is 4.90 Å². The lowest BCUT2D eigenvalue weighted by Gasteiger charge is -2.20. The van der Waals surface area contributed by atoms with Crippen LogP contribution in [0.4, 0.5) is 0 Å². The average molecular weight is 335 g/mol. The van der Waals surface area contributed by atoms with Crippen molar-refractivity contribution in [2.24, 2.45) is 5.92 Å². The lowest BCUT2D eigenvalue weighted by Crippen LogP contribution is -2.29. The van der Waals surface area contributed by atoms with Gasteiger partial charge in [-0.1, -0.05) is 25.1 Å². The number of carbonyl (C=O) groups excluding carboxylic acids is 1. The Bertz CT molecular complexity index is 835. The second-order valence-corrected chi connectivity index (χ2v) is 6.73. The highest BCUT2D eigenvalue weighted by molar-refractivity contribution is 5.94. The first-order valence-electron chi connectivity index (χ1n) is 8.66. The number of carbonyl (C=O) groups is 1. The Labute approximate surface area is 147 Å². The fourth-order valence-electron chi connectivity index (χ4n) is 3.14. The molecule has 3 aromatic rings. The van der Waals surface area contributed by atoms with Crippen LogP contribution in [0, 0.1) is 5.92 Å². The Morgan fingerprint density at radius 2 is 1.80 bits per heavy atom. The van der Waals surface area contributed by atoms with Crippen molar-refractivity contribution in [2.45, 2.75) is 32.4 Å². The van der Waals surface area contributed by atoms with Crippen molar-refractivity contribution in [3.63, 3.8) is 0 Å². The molecule has 1 fully saturated rings. The van der Waals surface area contributed by atoms with Gasteiger partial charge in [-0.25, -0.2) is 0 Å². The van der Waals surface area contributed by atoms with Crippen LogP contribution in [0.1, 0.15) is 46.9 Å². The molecule has 4 heteroatoms. The van der Waals surface area contributed by atoms with Crippen molar-refractivity contribution >= 4 is 5.91 Å². The van der Waals surface area contributed by atoms with E-state index in [-0.39, 0.29) is 5.91 Å². The summed E-state index contributed by atoms with van der Waals surface area (Å²) in [5.74, 6) is 3.81. The predicted octanol–water partition coefficient (Wildman–Crippen LogP) is 4.84. The molecular weight excluding hydrogens is 314 g/mol. The molecule has 0 saturated heterocycles. The van der Waals surface area contributed by atoms with Crippen LogP contribution >= 0.6 is 0 Å². The van der Waals surface area contributed by atoms with Crippen LogP contribution < -0.4 is 0 Å². The fourth-order valence-corrected chi connectivity index (χ4v) is 3.14. The van der Waals surface area contributed by atoms with Crippen molar-refractivity contribution in [3.05, 3.63) is 83.7 Å². The Balaban J connectivity index is 1.54. The summed E-state index contributed by atoms with van der Waals surface area (Å²) in [6, 6.07) is 17.0. The average Bonchev–Trinajstić information content (AvgIpc) is 3.05. The molecule has 2 atom stereocenters. The van der Waals surface area contributed by atoms with Gasteiger partial charge in [-0.3, -0.25) is 4.79 Å². The van der Waals surface area contributed by atoms with Crippen LogP contribution in [0.2, 0.25) is 0 Å². The van der Waals surface area contributed by atoms with Crippen LogP contribution in [0.5, 0.6) is 0 Å². The summed E-state index contributed by atoms with van der Waals surface area (Å²) < 4.78 is 11.4. The number of amides is 1. The molecule has 1 saturated carbocycles. The number of benzene rings is 1. The highest BCUT2D eigenvalue weighted by atomic mass is 16.3. The van der Waals surface area contributed by atoms with E-state index in [9.17, 15) is 4.79 Å². The third-order valence-electron chi connectivity index (χ3n) is 4.74. The molecule has 4 rings (SSSR count). The zero-order chi connectivity index (χ0) is 17.2. The molecule has 25 heavy (non-hydrogen) atoms. The number of nitrogens with zero attached hydrogens (tertiary/aromatic N) is 1. The summed E-state index contributed by atoms with van der Waals surface area (Å²) >= 11 is 0. The Kier molecular flexibility index (Phi) is 4.18. The maximum atomic E-state index is 12.9. The minimum Gasteiger partial charge on any atom is -0.467 e. The first-order chi connectivity index (χ1) is 12.2. The molecule has 2 aromatic heterocycles. The van der Waals surface area contributed by atoms with Crippen molar-refractivity contribution in [1.29, 1.82) is 0 Å². The van der Waals surface area contributed by atoms with E-state index < -0.39 is 0 Å². The lowest BCUT2D eigenvalue weighted by molar-refractivity contribution is 0.0704. The monoisotopic (exact) mass is 335 g/mol. The van der Waals surface area contributed by atoms with Crippen LogP contribution in [-0.2, 0) is 13.1 Å². The first kappa shape index (κ1) is 15.8.